The molecule has 1 saturated heterocycles. The molecule has 2 rings (SSSR count). The monoisotopic (exact) mass is 264 g/mol. The Balaban J connectivity index is 2.12. The molecule has 1 aromatic rings. The van der Waals surface area contributed by atoms with E-state index in [4.69, 9.17) is 0 Å². The fourth-order valence-corrected chi connectivity index (χ4v) is 2.12. The van der Waals surface area contributed by atoms with Crippen LogP contribution in [0, 0.1) is 11.7 Å². The molecule has 1 aliphatic heterocycles. The molecule has 102 valence electrons. The van der Waals surface area contributed by atoms with E-state index in [9.17, 15) is 14.0 Å². The Morgan fingerprint density at radius 2 is 1.95 bits per heavy atom. The first-order valence-corrected chi connectivity index (χ1v) is 6.30. The Bertz CT molecular complexity index is 485. The van der Waals surface area contributed by atoms with Crippen LogP contribution < -0.4 is 5.32 Å². The summed E-state index contributed by atoms with van der Waals surface area (Å²) in [6.45, 7) is 4.17. The summed E-state index contributed by atoms with van der Waals surface area (Å²) in [5.41, 5.74) is 0.812. The summed E-state index contributed by atoms with van der Waals surface area (Å²) in [7, 11) is 0. The summed E-state index contributed by atoms with van der Waals surface area (Å²) in [4.78, 5) is 25.3. The number of rotatable bonds is 3. The van der Waals surface area contributed by atoms with E-state index in [0.29, 0.717) is 6.54 Å². The van der Waals surface area contributed by atoms with Crippen molar-refractivity contribution in [3.63, 3.8) is 0 Å². The van der Waals surface area contributed by atoms with Gasteiger partial charge in [0.05, 0.1) is 6.54 Å². The molecule has 1 N–H and O–H groups in total. The van der Waals surface area contributed by atoms with Gasteiger partial charge in [-0.1, -0.05) is 26.0 Å². The van der Waals surface area contributed by atoms with Gasteiger partial charge < -0.3 is 10.2 Å². The maximum absolute atomic E-state index is 12.8. The number of benzene rings is 1. The minimum Gasteiger partial charge on any atom is -0.343 e. The zero-order chi connectivity index (χ0) is 14.0. The quantitative estimate of drug-likeness (QED) is 0.895. The second kappa shape index (κ2) is 5.38. The molecule has 1 atom stereocenters. The van der Waals surface area contributed by atoms with Crippen LogP contribution in [0.15, 0.2) is 24.3 Å². The lowest BCUT2D eigenvalue weighted by Crippen LogP contribution is -2.59. The number of hydrogen-bond donors (Lipinski definition) is 1. The summed E-state index contributed by atoms with van der Waals surface area (Å²) in [5.74, 6) is -0.502. The molecular formula is C14H17FN2O2. The lowest BCUT2D eigenvalue weighted by molar-refractivity contribution is -0.146. The van der Waals surface area contributed by atoms with E-state index in [1.807, 2.05) is 13.8 Å². The molecule has 2 amide bonds. The second-order valence-electron chi connectivity index (χ2n) is 5.11. The number of hydrogen-bond acceptors (Lipinski definition) is 2. The molecule has 1 fully saturated rings. The average molecular weight is 264 g/mol. The van der Waals surface area contributed by atoms with Crippen molar-refractivity contribution in [2.75, 3.05) is 6.54 Å². The van der Waals surface area contributed by atoms with Crippen molar-refractivity contribution in [3.05, 3.63) is 35.6 Å². The van der Waals surface area contributed by atoms with Crippen molar-refractivity contribution in [1.82, 2.24) is 10.2 Å². The molecule has 1 aliphatic rings. The van der Waals surface area contributed by atoms with Gasteiger partial charge in [0.1, 0.15) is 11.9 Å². The number of piperazine rings is 1. The minimum atomic E-state index is -0.471. The third kappa shape index (κ3) is 3.10. The van der Waals surface area contributed by atoms with Gasteiger partial charge in [-0.05, 0) is 23.6 Å². The highest BCUT2D eigenvalue weighted by Crippen LogP contribution is 2.14. The number of nitrogens with one attached hydrogen (secondary N) is 1. The third-order valence-electron chi connectivity index (χ3n) is 3.18. The number of halogens is 1. The molecule has 0 aliphatic carbocycles. The van der Waals surface area contributed by atoms with E-state index in [0.717, 1.165) is 5.56 Å². The first-order valence-electron chi connectivity index (χ1n) is 6.30. The Kier molecular flexibility index (Phi) is 3.83. The lowest BCUT2D eigenvalue weighted by Gasteiger charge is -2.34. The van der Waals surface area contributed by atoms with Crippen LogP contribution in [0.25, 0.3) is 0 Å². The summed E-state index contributed by atoms with van der Waals surface area (Å²) >= 11 is 0. The topological polar surface area (TPSA) is 49.4 Å². The van der Waals surface area contributed by atoms with E-state index >= 15 is 0 Å². The largest absolute Gasteiger partial charge is 0.343 e. The first-order chi connectivity index (χ1) is 8.97. The Labute approximate surface area is 111 Å². The number of nitrogens with zero attached hydrogens (tertiary/aromatic N) is 1. The number of amides is 2. The van der Waals surface area contributed by atoms with E-state index in [2.05, 4.69) is 5.32 Å². The summed E-state index contributed by atoms with van der Waals surface area (Å²) in [5, 5.41) is 2.70. The smallest absolute Gasteiger partial charge is 0.246 e. The zero-order valence-electron chi connectivity index (χ0n) is 11.0. The summed E-state index contributed by atoms with van der Waals surface area (Å²) in [6.07, 6.45) is 0. The molecule has 0 saturated carbocycles. The molecule has 19 heavy (non-hydrogen) atoms. The van der Waals surface area contributed by atoms with Crippen LogP contribution >= 0.6 is 0 Å². The van der Waals surface area contributed by atoms with Crippen LogP contribution in [0.2, 0.25) is 0 Å². The Hall–Kier alpha value is -1.91. The molecule has 1 unspecified atom stereocenters. The van der Waals surface area contributed by atoms with Crippen molar-refractivity contribution < 1.29 is 14.0 Å². The van der Waals surface area contributed by atoms with E-state index in [-0.39, 0.29) is 30.1 Å². The first kappa shape index (κ1) is 13.5. The number of carbonyl (C=O) groups excluding carboxylic acids is 2. The van der Waals surface area contributed by atoms with Crippen LogP contribution in [-0.4, -0.2) is 29.3 Å². The molecule has 4 nitrogen and oxygen atoms in total. The van der Waals surface area contributed by atoms with E-state index in [1.54, 1.807) is 12.1 Å². The Morgan fingerprint density at radius 1 is 1.32 bits per heavy atom. The highest BCUT2D eigenvalue weighted by molar-refractivity contribution is 5.94. The molecule has 1 heterocycles. The normalized spacial score (nSPS) is 19.8. The average Bonchev–Trinajstić information content (AvgIpc) is 2.35. The van der Waals surface area contributed by atoms with E-state index in [1.165, 1.54) is 17.0 Å². The van der Waals surface area contributed by atoms with E-state index < -0.39 is 6.04 Å². The van der Waals surface area contributed by atoms with Crippen molar-refractivity contribution in [1.29, 1.82) is 0 Å². The molecule has 5 heteroatoms. The highest BCUT2D eigenvalue weighted by Gasteiger charge is 2.34. The van der Waals surface area contributed by atoms with Crippen molar-refractivity contribution in [3.8, 4) is 0 Å². The predicted molar refractivity (Wildman–Crippen MR) is 68.6 cm³/mol. The van der Waals surface area contributed by atoms with Crippen LogP contribution in [-0.2, 0) is 16.1 Å². The van der Waals surface area contributed by atoms with Crippen LogP contribution in [0.5, 0.6) is 0 Å². The Morgan fingerprint density at radius 3 is 2.53 bits per heavy atom. The standard InChI is InChI=1S/C14H17FN2O2/c1-9(2)13-14(19)17(8-12(18)16-13)7-10-3-5-11(15)6-4-10/h3-6,9,13H,7-8H2,1-2H3,(H,16,18). The van der Waals surface area contributed by atoms with Gasteiger partial charge in [-0.2, -0.15) is 0 Å². The fraction of sp³-hybridized carbons (Fsp3) is 0.429. The second-order valence-corrected chi connectivity index (χ2v) is 5.11. The number of carbonyl (C=O) groups is 2. The van der Waals surface area contributed by atoms with Gasteiger partial charge in [0, 0.05) is 6.54 Å². The van der Waals surface area contributed by atoms with Gasteiger partial charge in [-0.3, -0.25) is 9.59 Å². The molecule has 0 aromatic heterocycles. The zero-order valence-corrected chi connectivity index (χ0v) is 11.0. The lowest BCUT2D eigenvalue weighted by atomic mass is 10.0. The van der Waals surface area contributed by atoms with Crippen LogP contribution in [0.4, 0.5) is 4.39 Å². The predicted octanol–water partition coefficient (Wildman–Crippen LogP) is 1.31. The van der Waals surface area contributed by atoms with Gasteiger partial charge >= 0.3 is 0 Å². The maximum Gasteiger partial charge on any atom is 0.246 e. The van der Waals surface area contributed by atoms with Crippen molar-refractivity contribution in [2.45, 2.75) is 26.4 Å². The molecule has 0 spiro atoms. The van der Waals surface area contributed by atoms with Crippen LogP contribution in [0.1, 0.15) is 19.4 Å². The highest BCUT2D eigenvalue weighted by atomic mass is 19.1. The van der Waals surface area contributed by atoms with Gasteiger partial charge in [-0.15, -0.1) is 0 Å². The fourth-order valence-electron chi connectivity index (χ4n) is 2.12. The third-order valence-corrected chi connectivity index (χ3v) is 3.18. The van der Waals surface area contributed by atoms with Crippen LogP contribution in [0.3, 0.4) is 0 Å². The molecular weight excluding hydrogens is 247 g/mol. The minimum absolute atomic E-state index is 0.0486. The van der Waals surface area contributed by atoms with Gasteiger partial charge in [0.25, 0.3) is 0 Å². The van der Waals surface area contributed by atoms with Gasteiger partial charge in [-0.25, -0.2) is 4.39 Å². The molecule has 0 bridgehead atoms. The van der Waals surface area contributed by atoms with Crippen molar-refractivity contribution in [2.24, 2.45) is 5.92 Å². The van der Waals surface area contributed by atoms with Gasteiger partial charge in [0.15, 0.2) is 0 Å². The molecule has 1 aromatic carbocycles. The maximum atomic E-state index is 12.8. The SMILES string of the molecule is CC(C)C1NC(=O)CN(Cc2ccc(F)cc2)C1=O. The van der Waals surface area contributed by atoms with Gasteiger partial charge in [0.2, 0.25) is 11.8 Å². The molecule has 0 radical (unpaired) electrons. The van der Waals surface area contributed by atoms with Crippen molar-refractivity contribution >= 4 is 11.8 Å². The summed E-state index contributed by atoms with van der Waals surface area (Å²) in [6, 6.07) is 5.48. The summed E-state index contributed by atoms with van der Waals surface area (Å²) < 4.78 is 12.8.